The van der Waals surface area contributed by atoms with E-state index in [1.54, 1.807) is 23.9 Å². The molecule has 0 aliphatic carbocycles. The van der Waals surface area contributed by atoms with Gasteiger partial charge in [-0.3, -0.25) is 9.48 Å². The van der Waals surface area contributed by atoms with Crippen LogP contribution in [0.3, 0.4) is 0 Å². The third-order valence-electron chi connectivity index (χ3n) is 2.81. The first-order valence-corrected chi connectivity index (χ1v) is 5.94. The Morgan fingerprint density at radius 2 is 2.11 bits per heavy atom. The zero-order valence-electron chi connectivity index (χ0n) is 10.5. The highest BCUT2D eigenvalue weighted by atomic mass is 35.5. The molecule has 1 aromatic carbocycles. The molecule has 0 bridgehead atoms. The number of nitrogens with zero attached hydrogens (tertiary/aromatic N) is 2. The number of para-hydroxylation sites is 1. The third kappa shape index (κ3) is 2.38. The Hall–Kier alpha value is -1.81. The monoisotopic (exact) mass is 263 g/mol. The van der Waals surface area contributed by atoms with Crippen LogP contribution in [0.15, 0.2) is 24.3 Å². The highest BCUT2D eigenvalue weighted by Gasteiger charge is 2.13. The van der Waals surface area contributed by atoms with Gasteiger partial charge >= 0.3 is 0 Å². The minimum atomic E-state index is -0.255. The van der Waals surface area contributed by atoms with Crippen LogP contribution in [0.1, 0.15) is 21.7 Å². The van der Waals surface area contributed by atoms with E-state index in [1.165, 1.54) is 0 Å². The molecular weight excluding hydrogens is 250 g/mol. The second kappa shape index (κ2) is 4.82. The van der Waals surface area contributed by atoms with Gasteiger partial charge in [0.1, 0.15) is 0 Å². The van der Waals surface area contributed by atoms with Gasteiger partial charge < -0.3 is 5.32 Å². The van der Waals surface area contributed by atoms with E-state index in [0.29, 0.717) is 16.4 Å². The number of rotatable bonds is 2. The molecule has 0 unspecified atom stereocenters. The van der Waals surface area contributed by atoms with Crippen LogP contribution in [0.4, 0.5) is 5.69 Å². The molecule has 0 spiro atoms. The summed E-state index contributed by atoms with van der Waals surface area (Å²) >= 11 is 6.06. The Kier molecular flexibility index (Phi) is 3.39. The van der Waals surface area contributed by atoms with Crippen LogP contribution in [0.2, 0.25) is 5.02 Å². The number of nitrogens with one attached hydrogen (secondary N) is 1. The Morgan fingerprint density at radius 1 is 1.39 bits per heavy atom. The van der Waals surface area contributed by atoms with Crippen LogP contribution >= 0.6 is 11.6 Å². The van der Waals surface area contributed by atoms with Crippen molar-refractivity contribution >= 4 is 23.2 Å². The van der Waals surface area contributed by atoms with Crippen molar-refractivity contribution in [1.82, 2.24) is 9.78 Å². The average Bonchev–Trinajstić information content (AvgIpc) is 2.64. The zero-order valence-corrected chi connectivity index (χ0v) is 11.2. The van der Waals surface area contributed by atoms with E-state index in [4.69, 9.17) is 11.6 Å². The molecule has 4 nitrogen and oxygen atoms in total. The summed E-state index contributed by atoms with van der Waals surface area (Å²) in [4.78, 5) is 12.0. The van der Waals surface area contributed by atoms with Gasteiger partial charge in [0.05, 0.1) is 10.7 Å². The van der Waals surface area contributed by atoms with Crippen molar-refractivity contribution in [2.75, 3.05) is 5.32 Å². The molecule has 1 heterocycles. The Labute approximate surface area is 111 Å². The lowest BCUT2D eigenvalue weighted by Gasteiger charge is -2.08. The fourth-order valence-electron chi connectivity index (χ4n) is 1.64. The summed E-state index contributed by atoms with van der Waals surface area (Å²) in [6.45, 7) is 3.79. The predicted molar refractivity (Wildman–Crippen MR) is 72.1 cm³/mol. The second-order valence-corrected chi connectivity index (χ2v) is 4.59. The van der Waals surface area contributed by atoms with Gasteiger partial charge in [0.25, 0.3) is 5.91 Å². The smallest absolute Gasteiger partial charge is 0.276 e. The molecule has 1 aromatic heterocycles. The number of halogens is 1. The molecular formula is C13H14ClN3O. The maximum atomic E-state index is 12.0. The Morgan fingerprint density at radius 3 is 2.67 bits per heavy atom. The SMILES string of the molecule is Cc1cccc(Cl)c1NC(=O)c1cc(C)n(C)n1. The van der Waals surface area contributed by atoms with Crippen molar-refractivity contribution in [2.24, 2.45) is 7.05 Å². The molecule has 5 heteroatoms. The number of benzene rings is 1. The van der Waals surface area contributed by atoms with Crippen molar-refractivity contribution in [1.29, 1.82) is 0 Å². The Bertz CT molecular complexity index is 565. The van der Waals surface area contributed by atoms with E-state index in [9.17, 15) is 4.79 Å². The summed E-state index contributed by atoms with van der Waals surface area (Å²) in [5.41, 5.74) is 2.86. The van der Waals surface area contributed by atoms with Gasteiger partial charge in [0, 0.05) is 12.7 Å². The van der Waals surface area contributed by atoms with Crippen LogP contribution in [0.5, 0.6) is 0 Å². The third-order valence-corrected chi connectivity index (χ3v) is 3.12. The molecule has 2 aromatic rings. The van der Waals surface area contributed by atoms with Crippen molar-refractivity contribution in [3.05, 3.63) is 46.2 Å². The van der Waals surface area contributed by atoms with E-state index < -0.39 is 0 Å². The average molecular weight is 264 g/mol. The zero-order chi connectivity index (χ0) is 13.3. The molecule has 0 aliphatic rings. The summed E-state index contributed by atoms with van der Waals surface area (Å²) in [6.07, 6.45) is 0. The minimum Gasteiger partial charge on any atom is -0.319 e. The van der Waals surface area contributed by atoms with Gasteiger partial charge in [-0.2, -0.15) is 5.10 Å². The lowest BCUT2D eigenvalue weighted by atomic mass is 10.2. The fourth-order valence-corrected chi connectivity index (χ4v) is 1.91. The van der Waals surface area contributed by atoms with Crippen molar-refractivity contribution in [2.45, 2.75) is 13.8 Å². The van der Waals surface area contributed by atoms with Gasteiger partial charge in [0.2, 0.25) is 0 Å². The first-order chi connectivity index (χ1) is 8.49. The van der Waals surface area contributed by atoms with E-state index in [-0.39, 0.29) is 5.91 Å². The number of amides is 1. The molecule has 2 rings (SSSR count). The molecule has 0 saturated carbocycles. The second-order valence-electron chi connectivity index (χ2n) is 4.18. The van der Waals surface area contributed by atoms with E-state index in [2.05, 4.69) is 10.4 Å². The van der Waals surface area contributed by atoms with E-state index in [0.717, 1.165) is 11.3 Å². The molecule has 1 amide bonds. The standard InChI is InChI=1S/C13H14ClN3O/c1-8-5-4-6-10(14)12(8)15-13(18)11-7-9(2)17(3)16-11/h4-7H,1-3H3,(H,15,18). The van der Waals surface area contributed by atoms with Gasteiger partial charge in [-0.25, -0.2) is 0 Å². The number of hydrogen-bond acceptors (Lipinski definition) is 2. The van der Waals surface area contributed by atoms with Crippen molar-refractivity contribution < 1.29 is 4.79 Å². The van der Waals surface area contributed by atoms with E-state index >= 15 is 0 Å². The van der Waals surface area contributed by atoms with E-state index in [1.807, 2.05) is 26.0 Å². The van der Waals surface area contributed by atoms with Crippen LogP contribution in [-0.2, 0) is 7.05 Å². The molecule has 0 aliphatic heterocycles. The number of anilines is 1. The largest absolute Gasteiger partial charge is 0.319 e. The lowest BCUT2D eigenvalue weighted by Crippen LogP contribution is -2.14. The van der Waals surface area contributed by atoms with Gasteiger partial charge in [-0.15, -0.1) is 0 Å². The summed E-state index contributed by atoms with van der Waals surface area (Å²) < 4.78 is 1.66. The topological polar surface area (TPSA) is 46.9 Å². The molecule has 0 atom stereocenters. The summed E-state index contributed by atoms with van der Waals surface area (Å²) in [5.74, 6) is -0.255. The number of carbonyl (C=O) groups is 1. The van der Waals surface area contributed by atoms with Crippen molar-refractivity contribution in [3.8, 4) is 0 Å². The molecule has 18 heavy (non-hydrogen) atoms. The number of carbonyl (C=O) groups excluding carboxylic acids is 1. The predicted octanol–water partition coefficient (Wildman–Crippen LogP) is 2.94. The maximum absolute atomic E-state index is 12.0. The summed E-state index contributed by atoms with van der Waals surface area (Å²) in [5, 5.41) is 7.44. The van der Waals surface area contributed by atoms with Crippen LogP contribution < -0.4 is 5.32 Å². The number of hydrogen-bond donors (Lipinski definition) is 1. The molecule has 0 saturated heterocycles. The Balaban J connectivity index is 2.27. The van der Waals surface area contributed by atoms with Crippen LogP contribution in [0.25, 0.3) is 0 Å². The molecule has 0 radical (unpaired) electrons. The van der Waals surface area contributed by atoms with Gasteiger partial charge in [-0.05, 0) is 31.5 Å². The highest BCUT2D eigenvalue weighted by Crippen LogP contribution is 2.25. The van der Waals surface area contributed by atoms with Crippen LogP contribution in [-0.4, -0.2) is 15.7 Å². The molecule has 0 fully saturated rings. The number of aryl methyl sites for hydroxylation is 3. The number of aromatic nitrogens is 2. The highest BCUT2D eigenvalue weighted by molar-refractivity contribution is 6.34. The fraction of sp³-hybridized carbons (Fsp3) is 0.231. The molecule has 1 N–H and O–H groups in total. The first-order valence-electron chi connectivity index (χ1n) is 5.56. The minimum absolute atomic E-state index is 0.255. The van der Waals surface area contributed by atoms with Gasteiger partial charge in [0.15, 0.2) is 5.69 Å². The quantitative estimate of drug-likeness (QED) is 0.906. The summed E-state index contributed by atoms with van der Waals surface area (Å²) in [7, 11) is 1.80. The normalized spacial score (nSPS) is 10.4. The van der Waals surface area contributed by atoms with Crippen molar-refractivity contribution in [3.63, 3.8) is 0 Å². The van der Waals surface area contributed by atoms with Gasteiger partial charge in [-0.1, -0.05) is 23.7 Å². The maximum Gasteiger partial charge on any atom is 0.276 e. The van der Waals surface area contributed by atoms with Crippen LogP contribution in [0, 0.1) is 13.8 Å². The first kappa shape index (κ1) is 12.6. The molecule has 94 valence electrons. The summed E-state index contributed by atoms with van der Waals surface area (Å²) in [6, 6.07) is 7.22. The lowest BCUT2D eigenvalue weighted by molar-refractivity contribution is 0.102.